The maximum absolute atomic E-state index is 14.0. The van der Waals surface area contributed by atoms with Gasteiger partial charge in [-0.2, -0.15) is 13.2 Å². The van der Waals surface area contributed by atoms with Gasteiger partial charge >= 0.3 is 12.3 Å². The van der Waals surface area contributed by atoms with Crippen LogP contribution in [0.5, 0.6) is 11.6 Å². The summed E-state index contributed by atoms with van der Waals surface area (Å²) in [7, 11) is 0. The van der Waals surface area contributed by atoms with Crippen LogP contribution in [0, 0.1) is 12.7 Å². The number of nitrogens with zero attached hydrogens (tertiary/aromatic N) is 1. The molecule has 1 fully saturated rings. The second kappa shape index (κ2) is 9.82. The Labute approximate surface area is 204 Å². The zero-order chi connectivity index (χ0) is 26.0. The Balaban J connectivity index is 1.84. The van der Waals surface area contributed by atoms with E-state index in [9.17, 15) is 22.4 Å². The van der Waals surface area contributed by atoms with Gasteiger partial charge in [0.2, 0.25) is 5.88 Å². The largest absolute Gasteiger partial charge is 0.443 e. The van der Waals surface area contributed by atoms with Crippen LogP contribution < -0.4 is 20.9 Å². The van der Waals surface area contributed by atoms with Gasteiger partial charge in [0.1, 0.15) is 22.9 Å². The number of aromatic nitrogens is 1. The number of hydrogen-bond donors (Lipinski definition) is 3. The number of benzene rings is 1. The number of pyridine rings is 1. The molecule has 13 heteroatoms. The van der Waals surface area contributed by atoms with Crippen molar-refractivity contribution in [2.75, 3.05) is 11.9 Å². The molecule has 190 valence electrons. The number of alkyl halides is 3. The lowest BCUT2D eigenvalue weighted by molar-refractivity contribution is -0.333. The minimum Gasteiger partial charge on any atom is -0.443 e. The second-order valence-corrected chi connectivity index (χ2v) is 9.09. The Bertz CT molecular complexity index is 1120. The van der Waals surface area contributed by atoms with Gasteiger partial charge < -0.3 is 19.5 Å². The summed E-state index contributed by atoms with van der Waals surface area (Å²) >= 11 is 5.14. The van der Waals surface area contributed by atoms with Crippen LogP contribution in [0.1, 0.15) is 38.4 Å². The number of aryl methyl sites for hydroxylation is 1. The molecule has 0 radical (unpaired) electrons. The SMILES string of the molecule is Cc1ccc(NC(=S)NNC(=O)OC(C)(C)C)c(Oc2ccc(F)cc2C2(C(F)(F)F)CCO2)n1. The van der Waals surface area contributed by atoms with Crippen LogP contribution >= 0.6 is 12.2 Å². The first-order valence-corrected chi connectivity index (χ1v) is 10.8. The van der Waals surface area contributed by atoms with Gasteiger partial charge in [-0.25, -0.2) is 19.6 Å². The minimum absolute atomic E-state index is 0.0835. The van der Waals surface area contributed by atoms with Gasteiger partial charge in [0.25, 0.3) is 0 Å². The molecule has 3 N–H and O–H groups in total. The standard InChI is InChI=1S/C22H24F4N4O4S/c1-12-5-7-15(28-18(35)29-30-19(31)34-20(2,3)4)17(27-12)33-16-8-6-13(23)11-14(16)21(9-10-32-21)22(24,25)26/h5-8,11H,9-10H2,1-4H3,(H,30,31)(H2,28,29,35). The lowest BCUT2D eigenvalue weighted by Crippen LogP contribution is -2.52. The quantitative estimate of drug-likeness (QED) is 0.289. The van der Waals surface area contributed by atoms with Gasteiger partial charge in [0.05, 0.1) is 6.61 Å². The summed E-state index contributed by atoms with van der Waals surface area (Å²) < 4.78 is 71.3. The van der Waals surface area contributed by atoms with Crippen molar-refractivity contribution in [3.05, 3.63) is 47.4 Å². The number of rotatable bonds is 4. The van der Waals surface area contributed by atoms with Crippen LogP contribution in [0.2, 0.25) is 0 Å². The Morgan fingerprint density at radius 1 is 1.17 bits per heavy atom. The molecule has 1 atom stereocenters. The normalized spacial score (nSPS) is 17.7. The first-order chi connectivity index (χ1) is 16.2. The summed E-state index contributed by atoms with van der Waals surface area (Å²) in [5.74, 6) is -1.29. The maximum Gasteiger partial charge on any atom is 0.426 e. The van der Waals surface area contributed by atoms with Crippen molar-refractivity contribution >= 4 is 29.1 Å². The minimum atomic E-state index is -4.79. The third kappa shape index (κ3) is 6.28. The molecule has 1 aliphatic rings. The van der Waals surface area contributed by atoms with Crippen LogP contribution in [0.4, 0.5) is 28.0 Å². The molecule has 2 aromatic rings. The highest BCUT2D eigenvalue weighted by Gasteiger charge is 2.62. The van der Waals surface area contributed by atoms with Gasteiger partial charge in [0.15, 0.2) is 10.7 Å². The van der Waals surface area contributed by atoms with Crippen molar-refractivity contribution in [2.24, 2.45) is 0 Å². The van der Waals surface area contributed by atoms with Crippen molar-refractivity contribution in [3.8, 4) is 11.6 Å². The zero-order valence-electron chi connectivity index (χ0n) is 19.3. The average Bonchev–Trinajstić information content (AvgIpc) is 2.67. The number of halogens is 4. The van der Waals surface area contributed by atoms with Gasteiger partial charge in [-0.3, -0.25) is 5.43 Å². The summed E-state index contributed by atoms with van der Waals surface area (Å²) in [5, 5.41) is 2.66. The molecule has 1 unspecified atom stereocenters. The lowest BCUT2D eigenvalue weighted by atomic mass is 9.85. The Morgan fingerprint density at radius 2 is 1.86 bits per heavy atom. The molecule has 0 aliphatic carbocycles. The van der Waals surface area contributed by atoms with E-state index in [0.717, 1.165) is 18.2 Å². The Hall–Kier alpha value is -3.19. The van der Waals surface area contributed by atoms with E-state index in [-0.39, 0.29) is 35.5 Å². The fourth-order valence-corrected chi connectivity index (χ4v) is 3.34. The molecule has 0 saturated carbocycles. The van der Waals surface area contributed by atoms with E-state index in [2.05, 4.69) is 21.2 Å². The van der Waals surface area contributed by atoms with E-state index >= 15 is 0 Å². The Morgan fingerprint density at radius 3 is 2.43 bits per heavy atom. The van der Waals surface area contributed by atoms with Crippen molar-refractivity contribution in [2.45, 2.75) is 51.5 Å². The van der Waals surface area contributed by atoms with E-state index in [1.54, 1.807) is 33.8 Å². The third-order valence-corrected chi connectivity index (χ3v) is 4.97. The molecule has 0 spiro atoms. The van der Waals surface area contributed by atoms with E-state index in [4.69, 9.17) is 26.4 Å². The Kier molecular flexibility index (Phi) is 7.41. The highest BCUT2D eigenvalue weighted by Crippen LogP contribution is 2.53. The summed E-state index contributed by atoms with van der Waals surface area (Å²) in [4.78, 5) is 16.0. The molecule has 1 amide bonds. The number of anilines is 1. The number of hydrogen-bond acceptors (Lipinski definition) is 6. The molecule has 0 bridgehead atoms. The predicted octanol–water partition coefficient (Wildman–Crippen LogP) is 5.23. The first-order valence-electron chi connectivity index (χ1n) is 10.4. The van der Waals surface area contributed by atoms with Crippen LogP contribution in [-0.2, 0) is 15.1 Å². The van der Waals surface area contributed by atoms with Crippen LogP contribution in [0.3, 0.4) is 0 Å². The molecular weight excluding hydrogens is 492 g/mol. The van der Waals surface area contributed by atoms with Gasteiger partial charge in [0, 0.05) is 17.7 Å². The van der Waals surface area contributed by atoms with Crippen LogP contribution in [-0.4, -0.2) is 34.6 Å². The number of hydrazine groups is 1. The number of carbonyl (C=O) groups excluding carboxylic acids is 1. The summed E-state index contributed by atoms with van der Waals surface area (Å²) in [6, 6.07) is 5.93. The average molecular weight is 517 g/mol. The van der Waals surface area contributed by atoms with E-state index in [0.29, 0.717) is 5.69 Å². The molecule has 1 aromatic carbocycles. The number of thiocarbonyl (C=S) groups is 1. The summed E-state index contributed by atoms with van der Waals surface area (Å²) in [5.41, 5.74) is 1.43. The van der Waals surface area contributed by atoms with Crippen molar-refractivity contribution in [1.29, 1.82) is 0 Å². The number of carbonyl (C=O) groups is 1. The summed E-state index contributed by atoms with van der Waals surface area (Å²) in [6.45, 7) is 6.58. The van der Waals surface area contributed by atoms with Crippen molar-refractivity contribution in [3.63, 3.8) is 0 Å². The molecule has 2 heterocycles. The van der Waals surface area contributed by atoms with Gasteiger partial charge in [-0.15, -0.1) is 0 Å². The van der Waals surface area contributed by atoms with Crippen molar-refractivity contribution in [1.82, 2.24) is 15.8 Å². The zero-order valence-corrected chi connectivity index (χ0v) is 20.1. The number of nitrogens with one attached hydrogen (secondary N) is 3. The monoisotopic (exact) mass is 516 g/mol. The van der Waals surface area contributed by atoms with E-state index in [1.807, 2.05) is 0 Å². The number of amides is 1. The topological polar surface area (TPSA) is 93.7 Å². The van der Waals surface area contributed by atoms with E-state index in [1.165, 1.54) is 6.07 Å². The highest BCUT2D eigenvalue weighted by molar-refractivity contribution is 7.80. The molecular formula is C22H24F4N4O4S. The van der Waals surface area contributed by atoms with Gasteiger partial charge in [-0.1, -0.05) is 0 Å². The first kappa shape index (κ1) is 26.4. The maximum atomic E-state index is 14.0. The molecule has 8 nitrogen and oxygen atoms in total. The molecule has 1 aliphatic heterocycles. The van der Waals surface area contributed by atoms with Crippen LogP contribution in [0.15, 0.2) is 30.3 Å². The second-order valence-electron chi connectivity index (χ2n) is 8.68. The smallest absolute Gasteiger partial charge is 0.426 e. The van der Waals surface area contributed by atoms with E-state index < -0.39 is 34.9 Å². The fourth-order valence-electron chi connectivity index (χ4n) is 3.18. The molecule has 35 heavy (non-hydrogen) atoms. The third-order valence-electron chi connectivity index (χ3n) is 4.77. The van der Waals surface area contributed by atoms with Gasteiger partial charge in [-0.05, 0) is 70.2 Å². The highest BCUT2D eigenvalue weighted by atomic mass is 32.1. The summed E-state index contributed by atoms with van der Waals surface area (Å²) in [6.07, 6.45) is -5.96. The molecule has 3 rings (SSSR count). The lowest BCUT2D eigenvalue weighted by Gasteiger charge is -2.43. The molecule has 1 aromatic heterocycles. The predicted molar refractivity (Wildman–Crippen MR) is 122 cm³/mol. The number of ether oxygens (including phenoxy) is 3. The fraction of sp³-hybridized carbons (Fsp3) is 0.409. The van der Waals surface area contributed by atoms with Crippen molar-refractivity contribution < 1.29 is 36.6 Å². The molecule has 1 saturated heterocycles. The van der Waals surface area contributed by atoms with Crippen LogP contribution in [0.25, 0.3) is 0 Å².